The molecule has 0 aliphatic heterocycles. The number of hydrogen-bond donors (Lipinski definition) is 2. The zero-order valence-corrected chi connectivity index (χ0v) is 11.7. The molecule has 3 N–H and O–H groups in total. The second-order valence-corrected chi connectivity index (χ2v) is 4.06. The first-order valence-electron chi connectivity index (χ1n) is 6.04. The van der Waals surface area contributed by atoms with E-state index >= 15 is 0 Å². The van der Waals surface area contributed by atoms with Gasteiger partial charge in [-0.05, 0) is 18.2 Å². The minimum Gasteiger partial charge on any atom is -0.496 e. The molecule has 0 saturated carbocycles. The Hall–Kier alpha value is -2.18. The number of ether oxygens (including phenoxy) is 3. The van der Waals surface area contributed by atoms with Crippen LogP contribution in [-0.4, -0.2) is 21.3 Å². The van der Waals surface area contributed by atoms with E-state index in [-0.39, 0.29) is 6.04 Å². The number of hydrogen-bond acceptors (Lipinski definition) is 6. The highest BCUT2D eigenvalue weighted by molar-refractivity contribution is 5.53. The van der Waals surface area contributed by atoms with E-state index < -0.39 is 0 Å². The van der Waals surface area contributed by atoms with Gasteiger partial charge >= 0.3 is 0 Å². The molecule has 6 heteroatoms. The number of nitrogens with two attached hydrogens (primary N) is 1. The molecular weight excluding hydrogens is 260 g/mol. The largest absolute Gasteiger partial charge is 0.496 e. The van der Waals surface area contributed by atoms with E-state index in [9.17, 15) is 0 Å². The predicted octanol–water partition coefficient (Wildman–Crippen LogP) is 1.86. The molecule has 0 amide bonds. The number of nitrogens with one attached hydrogen (secondary N) is 1. The van der Waals surface area contributed by atoms with Gasteiger partial charge in [-0.3, -0.25) is 5.84 Å². The summed E-state index contributed by atoms with van der Waals surface area (Å²) in [4.78, 5) is 0. The zero-order chi connectivity index (χ0) is 14.5. The Morgan fingerprint density at radius 3 is 2.20 bits per heavy atom. The van der Waals surface area contributed by atoms with Gasteiger partial charge in [0, 0.05) is 11.6 Å². The van der Waals surface area contributed by atoms with Crippen LogP contribution in [0.15, 0.2) is 34.9 Å². The predicted molar refractivity (Wildman–Crippen MR) is 74.0 cm³/mol. The molecule has 1 unspecified atom stereocenters. The third-order valence-electron chi connectivity index (χ3n) is 3.04. The van der Waals surface area contributed by atoms with E-state index in [0.29, 0.717) is 23.0 Å². The van der Waals surface area contributed by atoms with Crippen LogP contribution >= 0.6 is 0 Å². The van der Waals surface area contributed by atoms with Gasteiger partial charge in [0.1, 0.15) is 17.6 Å². The van der Waals surface area contributed by atoms with Crippen LogP contribution in [0.4, 0.5) is 0 Å². The molecule has 1 heterocycles. The summed E-state index contributed by atoms with van der Waals surface area (Å²) in [5.41, 5.74) is 3.51. The summed E-state index contributed by atoms with van der Waals surface area (Å²) in [7, 11) is 4.73. The first-order chi connectivity index (χ1) is 9.74. The SMILES string of the molecule is COc1cc(OC)c(C(NN)c2ccco2)cc1OC. The molecule has 1 atom stereocenters. The molecule has 0 aliphatic carbocycles. The highest BCUT2D eigenvalue weighted by Crippen LogP contribution is 2.39. The Labute approximate surface area is 117 Å². The van der Waals surface area contributed by atoms with Crippen LogP contribution < -0.4 is 25.5 Å². The summed E-state index contributed by atoms with van der Waals surface area (Å²) < 4.78 is 21.4. The van der Waals surface area contributed by atoms with Gasteiger partial charge in [0.25, 0.3) is 0 Å². The quantitative estimate of drug-likeness (QED) is 0.620. The summed E-state index contributed by atoms with van der Waals surface area (Å²) in [5, 5.41) is 0. The molecule has 108 valence electrons. The number of methoxy groups -OCH3 is 3. The van der Waals surface area contributed by atoms with Crippen LogP contribution in [0.2, 0.25) is 0 Å². The molecule has 2 aromatic rings. The second-order valence-electron chi connectivity index (χ2n) is 4.06. The van der Waals surface area contributed by atoms with E-state index in [1.165, 1.54) is 0 Å². The fraction of sp³-hybridized carbons (Fsp3) is 0.286. The summed E-state index contributed by atoms with van der Waals surface area (Å²) >= 11 is 0. The normalized spacial score (nSPS) is 12.0. The zero-order valence-electron chi connectivity index (χ0n) is 11.7. The first kappa shape index (κ1) is 14.2. The standard InChI is InChI=1S/C14H18N2O4/c1-17-11-8-13(19-3)12(18-2)7-9(11)14(16-15)10-5-4-6-20-10/h4-8,14,16H,15H2,1-3H3. The number of rotatable bonds is 6. The van der Waals surface area contributed by atoms with Crippen molar-refractivity contribution >= 4 is 0 Å². The monoisotopic (exact) mass is 278 g/mol. The molecular formula is C14H18N2O4. The van der Waals surface area contributed by atoms with Crippen molar-refractivity contribution in [2.75, 3.05) is 21.3 Å². The van der Waals surface area contributed by atoms with Crippen LogP contribution in [0.1, 0.15) is 17.4 Å². The molecule has 2 rings (SSSR count). The summed E-state index contributed by atoms with van der Waals surface area (Å²) in [6.07, 6.45) is 1.59. The lowest BCUT2D eigenvalue weighted by molar-refractivity contribution is 0.344. The van der Waals surface area contributed by atoms with E-state index in [2.05, 4.69) is 5.43 Å². The lowest BCUT2D eigenvalue weighted by Crippen LogP contribution is -2.28. The molecule has 6 nitrogen and oxygen atoms in total. The van der Waals surface area contributed by atoms with Gasteiger partial charge in [-0.1, -0.05) is 0 Å². The maximum absolute atomic E-state index is 5.64. The molecule has 20 heavy (non-hydrogen) atoms. The Morgan fingerprint density at radius 1 is 1.05 bits per heavy atom. The van der Waals surface area contributed by atoms with Crippen molar-refractivity contribution < 1.29 is 18.6 Å². The lowest BCUT2D eigenvalue weighted by atomic mass is 10.0. The Morgan fingerprint density at radius 2 is 1.70 bits per heavy atom. The fourth-order valence-electron chi connectivity index (χ4n) is 2.06. The third kappa shape index (κ3) is 2.56. The van der Waals surface area contributed by atoms with Crippen molar-refractivity contribution in [2.45, 2.75) is 6.04 Å². The van der Waals surface area contributed by atoms with Crippen molar-refractivity contribution in [3.05, 3.63) is 41.9 Å². The topological polar surface area (TPSA) is 78.9 Å². The second kappa shape index (κ2) is 6.31. The van der Waals surface area contributed by atoms with E-state index in [4.69, 9.17) is 24.5 Å². The highest BCUT2D eigenvalue weighted by atomic mass is 16.5. The first-order valence-corrected chi connectivity index (χ1v) is 6.04. The molecule has 0 fully saturated rings. The summed E-state index contributed by atoms with van der Waals surface area (Å²) in [6.45, 7) is 0. The van der Waals surface area contributed by atoms with Crippen LogP contribution in [-0.2, 0) is 0 Å². The van der Waals surface area contributed by atoms with Gasteiger partial charge in [-0.2, -0.15) is 0 Å². The van der Waals surface area contributed by atoms with Gasteiger partial charge in [-0.15, -0.1) is 0 Å². The molecule has 0 saturated heterocycles. The Bertz CT molecular complexity index is 555. The summed E-state index contributed by atoms with van der Waals surface area (Å²) in [5.74, 6) is 8.13. The van der Waals surface area contributed by atoms with Gasteiger partial charge in [0.2, 0.25) is 0 Å². The van der Waals surface area contributed by atoms with Crippen LogP contribution in [0.3, 0.4) is 0 Å². The number of furan rings is 1. The highest BCUT2D eigenvalue weighted by Gasteiger charge is 2.22. The third-order valence-corrected chi connectivity index (χ3v) is 3.04. The molecule has 0 aliphatic rings. The Balaban J connectivity index is 2.53. The van der Waals surface area contributed by atoms with E-state index in [1.807, 2.05) is 12.1 Å². The van der Waals surface area contributed by atoms with Crippen LogP contribution in [0.5, 0.6) is 17.2 Å². The molecule has 1 aromatic heterocycles. The Kier molecular flexibility index (Phi) is 4.49. The van der Waals surface area contributed by atoms with Crippen molar-refractivity contribution in [1.29, 1.82) is 0 Å². The molecule has 0 spiro atoms. The van der Waals surface area contributed by atoms with Crippen molar-refractivity contribution in [1.82, 2.24) is 5.43 Å². The smallest absolute Gasteiger partial charge is 0.164 e. The van der Waals surface area contributed by atoms with Gasteiger partial charge in [0.05, 0.1) is 27.6 Å². The van der Waals surface area contributed by atoms with Gasteiger partial charge in [0.15, 0.2) is 11.5 Å². The van der Waals surface area contributed by atoms with E-state index in [1.54, 1.807) is 39.7 Å². The fourth-order valence-corrected chi connectivity index (χ4v) is 2.06. The van der Waals surface area contributed by atoms with Crippen LogP contribution in [0.25, 0.3) is 0 Å². The minimum absolute atomic E-state index is 0.347. The summed E-state index contributed by atoms with van der Waals surface area (Å²) in [6, 6.07) is 6.85. The average Bonchev–Trinajstić information content (AvgIpc) is 3.01. The van der Waals surface area contributed by atoms with Crippen LogP contribution in [0, 0.1) is 0 Å². The maximum atomic E-state index is 5.64. The van der Waals surface area contributed by atoms with Crippen molar-refractivity contribution in [3.8, 4) is 17.2 Å². The molecule has 1 aromatic carbocycles. The number of benzene rings is 1. The van der Waals surface area contributed by atoms with Gasteiger partial charge < -0.3 is 18.6 Å². The minimum atomic E-state index is -0.347. The number of hydrazine groups is 1. The van der Waals surface area contributed by atoms with Gasteiger partial charge in [-0.25, -0.2) is 5.43 Å². The van der Waals surface area contributed by atoms with Crippen molar-refractivity contribution in [3.63, 3.8) is 0 Å². The van der Waals surface area contributed by atoms with E-state index in [0.717, 1.165) is 5.56 Å². The van der Waals surface area contributed by atoms with Crippen molar-refractivity contribution in [2.24, 2.45) is 5.84 Å². The maximum Gasteiger partial charge on any atom is 0.164 e. The average molecular weight is 278 g/mol. The molecule has 0 bridgehead atoms. The molecule has 0 radical (unpaired) electrons. The lowest BCUT2D eigenvalue weighted by Gasteiger charge is -2.19.